The van der Waals surface area contributed by atoms with E-state index in [1.807, 2.05) is 31.2 Å². The van der Waals surface area contributed by atoms with Crippen molar-refractivity contribution in [3.05, 3.63) is 29.8 Å². The second kappa shape index (κ2) is 13.6. The molecule has 0 saturated heterocycles. The summed E-state index contributed by atoms with van der Waals surface area (Å²) in [5.41, 5.74) is 1.14. The lowest BCUT2D eigenvalue weighted by Crippen LogP contribution is -2.44. The van der Waals surface area contributed by atoms with Crippen LogP contribution in [0.3, 0.4) is 0 Å². The maximum absolute atomic E-state index is 11.8. The molecule has 1 unspecified atom stereocenters. The van der Waals surface area contributed by atoms with Crippen LogP contribution >= 0.6 is 24.0 Å². The van der Waals surface area contributed by atoms with E-state index in [0.29, 0.717) is 18.9 Å². The molecule has 0 saturated carbocycles. The summed E-state index contributed by atoms with van der Waals surface area (Å²) in [5.74, 6) is 1.28. The fourth-order valence-electron chi connectivity index (χ4n) is 2.25. The molecule has 1 aromatic carbocycles. The Hall–Kier alpha value is -1.56. The number of sulfone groups is 1. The van der Waals surface area contributed by atoms with Gasteiger partial charge in [0.25, 0.3) is 0 Å². The molecule has 0 bridgehead atoms. The number of carbonyl (C=O) groups excluding carboxylic acids is 1. The molecule has 0 fully saturated rings. The van der Waals surface area contributed by atoms with Crippen molar-refractivity contribution in [3.63, 3.8) is 0 Å². The van der Waals surface area contributed by atoms with Crippen molar-refractivity contribution in [1.82, 2.24) is 15.5 Å². The number of aliphatic imine (C=N–C) groups is 1. The van der Waals surface area contributed by atoms with E-state index in [9.17, 15) is 13.2 Å². The fourth-order valence-corrected chi connectivity index (χ4v) is 3.04. The summed E-state index contributed by atoms with van der Waals surface area (Å²) in [4.78, 5) is 17.6. The molecule has 1 amide bonds. The molecule has 0 aromatic heterocycles. The zero-order valence-corrected chi connectivity index (χ0v) is 20.9. The van der Waals surface area contributed by atoms with Crippen molar-refractivity contribution in [2.24, 2.45) is 4.99 Å². The molecule has 0 radical (unpaired) electrons. The second-order valence-corrected chi connectivity index (χ2v) is 9.20. The van der Waals surface area contributed by atoms with E-state index < -0.39 is 9.84 Å². The Morgan fingerprint density at radius 2 is 1.86 bits per heavy atom. The number of rotatable bonds is 10. The molecule has 8 nitrogen and oxygen atoms in total. The van der Waals surface area contributed by atoms with E-state index in [1.54, 1.807) is 21.2 Å². The van der Waals surface area contributed by atoms with E-state index >= 15 is 0 Å². The first-order valence-corrected chi connectivity index (χ1v) is 11.2. The lowest BCUT2D eigenvalue weighted by atomic mass is 10.1. The summed E-state index contributed by atoms with van der Waals surface area (Å²) in [7, 11) is 1.96. The number of halogens is 1. The van der Waals surface area contributed by atoms with Gasteiger partial charge in [-0.1, -0.05) is 12.1 Å². The molecule has 0 aliphatic carbocycles. The molecule has 0 spiro atoms. The smallest absolute Gasteiger partial charge is 0.243 e. The van der Waals surface area contributed by atoms with Crippen LogP contribution < -0.4 is 15.4 Å². The quantitative estimate of drug-likeness (QED) is 0.264. The van der Waals surface area contributed by atoms with Crippen LogP contribution in [-0.4, -0.2) is 77.5 Å². The van der Waals surface area contributed by atoms with Gasteiger partial charge in [0, 0.05) is 32.9 Å². The minimum absolute atomic E-state index is 0. The number of ether oxygens (including phenoxy) is 1. The summed E-state index contributed by atoms with van der Waals surface area (Å²) in [6.45, 7) is 2.52. The Morgan fingerprint density at radius 3 is 2.38 bits per heavy atom. The molecule has 2 N–H and O–H groups in total. The lowest BCUT2D eigenvalue weighted by Gasteiger charge is -2.18. The molecule has 1 rings (SSSR count). The largest absolute Gasteiger partial charge is 0.497 e. The highest BCUT2D eigenvalue weighted by Gasteiger charge is 2.11. The highest BCUT2D eigenvalue weighted by molar-refractivity contribution is 14.0. The molecular formula is C19H33IN4O4S. The van der Waals surface area contributed by atoms with Gasteiger partial charge in [-0.25, -0.2) is 13.4 Å². The van der Waals surface area contributed by atoms with Crippen LogP contribution in [0.15, 0.2) is 29.3 Å². The third kappa shape index (κ3) is 12.6. The van der Waals surface area contributed by atoms with Gasteiger partial charge in [-0.15, -0.1) is 24.0 Å². The summed E-state index contributed by atoms with van der Waals surface area (Å²) in [6, 6.07) is 7.71. The van der Waals surface area contributed by atoms with Crippen molar-refractivity contribution < 1.29 is 17.9 Å². The van der Waals surface area contributed by atoms with Gasteiger partial charge in [-0.3, -0.25) is 4.79 Å². The average molecular weight is 540 g/mol. The van der Waals surface area contributed by atoms with E-state index in [4.69, 9.17) is 4.74 Å². The van der Waals surface area contributed by atoms with Crippen LogP contribution in [0.25, 0.3) is 0 Å². The summed E-state index contributed by atoms with van der Waals surface area (Å²) in [5, 5.41) is 6.38. The summed E-state index contributed by atoms with van der Waals surface area (Å²) < 4.78 is 27.9. The number of carbonyl (C=O) groups is 1. The first kappa shape index (κ1) is 27.4. The Kier molecular flexibility index (Phi) is 12.9. The zero-order chi connectivity index (χ0) is 21.2. The van der Waals surface area contributed by atoms with Crippen LogP contribution in [0.5, 0.6) is 5.75 Å². The number of hydrogen-bond acceptors (Lipinski definition) is 5. The third-order valence-corrected chi connectivity index (χ3v) is 5.02. The van der Waals surface area contributed by atoms with Gasteiger partial charge in [0.05, 0.1) is 12.9 Å². The molecule has 29 heavy (non-hydrogen) atoms. The second-order valence-electron chi connectivity index (χ2n) is 6.94. The van der Waals surface area contributed by atoms with Crippen LogP contribution in [0.1, 0.15) is 18.9 Å². The van der Waals surface area contributed by atoms with Crippen molar-refractivity contribution in [1.29, 1.82) is 0 Å². The maximum atomic E-state index is 11.8. The third-order valence-electron chi connectivity index (χ3n) is 4.04. The number of nitrogens with one attached hydrogen (secondary N) is 2. The van der Waals surface area contributed by atoms with Crippen LogP contribution in [0.2, 0.25) is 0 Å². The minimum atomic E-state index is -3.02. The normalized spacial score (nSPS) is 12.5. The van der Waals surface area contributed by atoms with E-state index in [1.165, 1.54) is 11.2 Å². The standard InChI is InChI=1S/C19H32N4O4S.HI/c1-15(11-13-28(5,25)26)22-19(21-14-18(24)23(2)3)20-12-10-16-6-8-17(27-4)9-7-16;/h6-9,15H,10-14H2,1-5H3,(H2,20,21,22);1H. The SMILES string of the molecule is COc1ccc(CCNC(=NCC(=O)N(C)C)NC(C)CCS(C)(=O)=O)cc1.I. The first-order chi connectivity index (χ1) is 13.1. The Labute approximate surface area is 191 Å². The molecule has 166 valence electrons. The van der Waals surface area contributed by atoms with Gasteiger partial charge < -0.3 is 20.3 Å². The molecular weight excluding hydrogens is 507 g/mol. The van der Waals surface area contributed by atoms with Crippen LogP contribution in [0, 0.1) is 0 Å². The van der Waals surface area contributed by atoms with Gasteiger partial charge in [0.15, 0.2) is 5.96 Å². The minimum Gasteiger partial charge on any atom is -0.497 e. The number of amides is 1. The van der Waals surface area contributed by atoms with Gasteiger partial charge >= 0.3 is 0 Å². The Morgan fingerprint density at radius 1 is 1.24 bits per heavy atom. The molecule has 1 aromatic rings. The van der Waals surface area contributed by atoms with Crippen molar-refractivity contribution >= 4 is 45.7 Å². The topological polar surface area (TPSA) is 100 Å². The van der Waals surface area contributed by atoms with Gasteiger partial charge in [-0.05, 0) is 37.5 Å². The molecule has 0 aliphatic heterocycles. The number of methoxy groups -OCH3 is 1. The first-order valence-electron chi connectivity index (χ1n) is 9.16. The average Bonchev–Trinajstić information content (AvgIpc) is 2.63. The fraction of sp³-hybridized carbons (Fsp3) is 0.579. The Bertz CT molecular complexity index is 752. The van der Waals surface area contributed by atoms with Crippen molar-refractivity contribution in [2.75, 3.05) is 46.3 Å². The van der Waals surface area contributed by atoms with Crippen LogP contribution in [-0.2, 0) is 21.1 Å². The zero-order valence-electron chi connectivity index (χ0n) is 17.8. The highest BCUT2D eigenvalue weighted by atomic mass is 127. The monoisotopic (exact) mass is 540 g/mol. The maximum Gasteiger partial charge on any atom is 0.243 e. The summed E-state index contributed by atoms with van der Waals surface area (Å²) in [6.07, 6.45) is 2.45. The number of likely N-dealkylation sites (N-methyl/N-ethyl adjacent to an activating group) is 1. The molecule has 0 heterocycles. The predicted molar refractivity (Wildman–Crippen MR) is 128 cm³/mol. The summed E-state index contributed by atoms with van der Waals surface area (Å²) >= 11 is 0. The van der Waals surface area contributed by atoms with E-state index in [0.717, 1.165) is 17.7 Å². The van der Waals surface area contributed by atoms with E-state index in [-0.39, 0.29) is 48.2 Å². The van der Waals surface area contributed by atoms with Crippen LogP contribution in [0.4, 0.5) is 0 Å². The lowest BCUT2D eigenvalue weighted by molar-refractivity contribution is -0.127. The molecule has 10 heteroatoms. The number of nitrogens with zero attached hydrogens (tertiary/aromatic N) is 2. The van der Waals surface area contributed by atoms with Crippen molar-refractivity contribution in [2.45, 2.75) is 25.8 Å². The number of hydrogen-bond donors (Lipinski definition) is 2. The molecule has 1 atom stereocenters. The van der Waals surface area contributed by atoms with E-state index in [2.05, 4.69) is 15.6 Å². The molecule has 0 aliphatic rings. The van der Waals surface area contributed by atoms with Gasteiger partial charge in [0.2, 0.25) is 5.91 Å². The Balaban J connectivity index is 0.00000784. The van der Waals surface area contributed by atoms with Crippen molar-refractivity contribution in [3.8, 4) is 5.75 Å². The highest BCUT2D eigenvalue weighted by Crippen LogP contribution is 2.11. The van der Waals surface area contributed by atoms with Gasteiger partial charge in [0.1, 0.15) is 22.1 Å². The number of guanidine groups is 1. The number of benzene rings is 1. The van der Waals surface area contributed by atoms with Gasteiger partial charge in [-0.2, -0.15) is 0 Å². The predicted octanol–water partition coefficient (Wildman–Crippen LogP) is 1.30.